The van der Waals surface area contributed by atoms with Crippen LogP contribution >= 0.6 is 27.3 Å². The van der Waals surface area contributed by atoms with E-state index in [1.807, 2.05) is 19.1 Å². The number of nitrogens with two attached hydrogens (primary N) is 2. The Bertz CT molecular complexity index is 613. The summed E-state index contributed by atoms with van der Waals surface area (Å²) in [7, 11) is 0. The molecule has 0 aliphatic heterocycles. The van der Waals surface area contributed by atoms with Crippen molar-refractivity contribution < 1.29 is 9.53 Å². The Morgan fingerprint density at radius 3 is 2.55 bits per heavy atom. The molecular weight excluding hydrogens is 340 g/mol. The lowest BCUT2D eigenvalue weighted by molar-refractivity contribution is 0.0991. The fraction of sp³-hybridized carbons (Fsp3) is 0.214. The molecule has 4 N–H and O–H groups in total. The SMILES string of the molecule is CC(N)C(Oc1ccccc1C(N)=O)c1ccc(Br)s1. The molecule has 0 bridgehead atoms. The molecule has 1 aromatic carbocycles. The van der Waals surface area contributed by atoms with Gasteiger partial charge in [0.2, 0.25) is 0 Å². The zero-order chi connectivity index (χ0) is 14.7. The van der Waals surface area contributed by atoms with Crippen molar-refractivity contribution in [1.82, 2.24) is 0 Å². The lowest BCUT2D eigenvalue weighted by Crippen LogP contribution is -2.29. The van der Waals surface area contributed by atoms with Crippen molar-refractivity contribution in [3.8, 4) is 5.75 Å². The minimum absolute atomic E-state index is 0.221. The third kappa shape index (κ3) is 3.39. The molecule has 2 rings (SSSR count). The monoisotopic (exact) mass is 354 g/mol. The van der Waals surface area contributed by atoms with E-state index in [2.05, 4.69) is 15.9 Å². The standard InChI is InChI=1S/C14H15BrN2O2S/c1-8(16)13(11-6-7-12(15)20-11)19-10-5-3-2-4-9(10)14(17)18/h2-8,13H,16H2,1H3,(H2,17,18). The molecule has 0 fully saturated rings. The highest BCUT2D eigenvalue weighted by atomic mass is 79.9. The highest BCUT2D eigenvalue weighted by Crippen LogP contribution is 2.33. The van der Waals surface area contributed by atoms with Crippen LogP contribution in [0.25, 0.3) is 0 Å². The quantitative estimate of drug-likeness (QED) is 0.865. The number of thiophene rings is 1. The summed E-state index contributed by atoms with van der Waals surface area (Å²) in [5, 5.41) is 0. The van der Waals surface area contributed by atoms with Gasteiger partial charge in [0, 0.05) is 10.9 Å². The number of benzene rings is 1. The number of amides is 1. The molecule has 0 spiro atoms. The largest absolute Gasteiger partial charge is 0.482 e. The molecule has 1 heterocycles. The van der Waals surface area contributed by atoms with Crippen LogP contribution in [0.15, 0.2) is 40.2 Å². The van der Waals surface area contributed by atoms with Gasteiger partial charge in [-0.2, -0.15) is 0 Å². The van der Waals surface area contributed by atoms with Crippen LogP contribution in [0.2, 0.25) is 0 Å². The Hall–Kier alpha value is -1.37. The maximum absolute atomic E-state index is 11.4. The highest BCUT2D eigenvalue weighted by Gasteiger charge is 2.22. The van der Waals surface area contributed by atoms with Crippen LogP contribution in [0.3, 0.4) is 0 Å². The summed E-state index contributed by atoms with van der Waals surface area (Å²) >= 11 is 4.97. The third-order valence-electron chi connectivity index (χ3n) is 2.76. The summed E-state index contributed by atoms with van der Waals surface area (Å²) in [5.74, 6) is -0.0665. The minimum Gasteiger partial charge on any atom is -0.482 e. The molecule has 0 aliphatic carbocycles. The fourth-order valence-electron chi connectivity index (χ4n) is 1.82. The van der Waals surface area contributed by atoms with Gasteiger partial charge in [0.25, 0.3) is 5.91 Å². The Balaban J connectivity index is 2.32. The van der Waals surface area contributed by atoms with E-state index in [0.29, 0.717) is 11.3 Å². The van der Waals surface area contributed by atoms with Crippen molar-refractivity contribution in [1.29, 1.82) is 0 Å². The molecule has 0 saturated carbocycles. The number of ether oxygens (including phenoxy) is 1. The summed E-state index contributed by atoms with van der Waals surface area (Å²) in [6.45, 7) is 1.87. The molecular formula is C14H15BrN2O2S. The third-order valence-corrected chi connectivity index (χ3v) is 4.44. The number of halogens is 1. The molecule has 0 aliphatic rings. The van der Waals surface area contributed by atoms with Crippen molar-refractivity contribution in [2.24, 2.45) is 11.5 Å². The molecule has 1 aromatic heterocycles. The lowest BCUT2D eigenvalue weighted by Gasteiger charge is -2.22. The first-order valence-corrected chi connectivity index (χ1v) is 7.66. The Kier molecular flexibility index (Phi) is 4.80. The average molecular weight is 355 g/mol. The molecule has 0 radical (unpaired) electrons. The molecule has 6 heteroatoms. The highest BCUT2D eigenvalue weighted by molar-refractivity contribution is 9.11. The number of para-hydroxylation sites is 1. The second-order valence-corrected chi connectivity index (χ2v) is 6.89. The smallest absolute Gasteiger partial charge is 0.252 e. The predicted molar refractivity (Wildman–Crippen MR) is 84.0 cm³/mol. The van der Waals surface area contributed by atoms with E-state index >= 15 is 0 Å². The van der Waals surface area contributed by atoms with Crippen LogP contribution in [0.1, 0.15) is 28.3 Å². The average Bonchev–Trinajstić information content (AvgIpc) is 2.82. The van der Waals surface area contributed by atoms with Gasteiger partial charge in [-0.1, -0.05) is 12.1 Å². The topological polar surface area (TPSA) is 78.3 Å². The summed E-state index contributed by atoms with van der Waals surface area (Å²) in [6, 6.07) is 10.6. The zero-order valence-corrected chi connectivity index (χ0v) is 13.3. The first kappa shape index (κ1) is 15.0. The number of rotatable bonds is 5. The lowest BCUT2D eigenvalue weighted by atomic mass is 10.1. The molecule has 0 saturated heterocycles. The molecule has 4 nitrogen and oxygen atoms in total. The second kappa shape index (κ2) is 6.39. The van der Waals surface area contributed by atoms with Crippen LogP contribution < -0.4 is 16.2 Å². The van der Waals surface area contributed by atoms with Crippen LogP contribution in [0.4, 0.5) is 0 Å². The van der Waals surface area contributed by atoms with E-state index in [1.54, 1.807) is 35.6 Å². The van der Waals surface area contributed by atoms with Crippen LogP contribution in [0.5, 0.6) is 5.75 Å². The van der Waals surface area contributed by atoms with E-state index in [1.165, 1.54) is 0 Å². The van der Waals surface area contributed by atoms with E-state index in [4.69, 9.17) is 16.2 Å². The van der Waals surface area contributed by atoms with E-state index in [0.717, 1.165) is 8.66 Å². The van der Waals surface area contributed by atoms with Gasteiger partial charge in [-0.15, -0.1) is 11.3 Å². The van der Waals surface area contributed by atoms with Crippen molar-refractivity contribution in [2.75, 3.05) is 0 Å². The number of primary amides is 1. The van der Waals surface area contributed by atoms with Gasteiger partial charge >= 0.3 is 0 Å². The summed E-state index contributed by atoms with van der Waals surface area (Å²) < 4.78 is 6.94. The first-order chi connectivity index (χ1) is 9.49. The zero-order valence-electron chi connectivity index (χ0n) is 10.9. The maximum Gasteiger partial charge on any atom is 0.252 e. The second-order valence-electron chi connectivity index (χ2n) is 4.40. The summed E-state index contributed by atoms with van der Waals surface area (Å²) in [4.78, 5) is 12.4. The number of hydrogen-bond acceptors (Lipinski definition) is 4. The minimum atomic E-state index is -0.517. The van der Waals surface area contributed by atoms with Crippen molar-refractivity contribution >= 4 is 33.2 Å². The van der Waals surface area contributed by atoms with Gasteiger partial charge in [0.1, 0.15) is 11.9 Å². The van der Waals surface area contributed by atoms with Gasteiger partial charge < -0.3 is 16.2 Å². The van der Waals surface area contributed by atoms with Gasteiger partial charge in [-0.25, -0.2) is 0 Å². The molecule has 2 aromatic rings. The Morgan fingerprint density at radius 2 is 2.00 bits per heavy atom. The number of carbonyl (C=O) groups is 1. The predicted octanol–water partition coefficient (Wildman–Crippen LogP) is 3.08. The summed E-state index contributed by atoms with van der Waals surface area (Å²) in [5.41, 5.74) is 11.7. The van der Waals surface area contributed by atoms with E-state index in [-0.39, 0.29) is 12.1 Å². The molecule has 2 atom stereocenters. The normalized spacial score (nSPS) is 13.8. The summed E-state index contributed by atoms with van der Waals surface area (Å²) in [6.07, 6.45) is -0.327. The van der Waals surface area contributed by atoms with Gasteiger partial charge in [0.05, 0.1) is 9.35 Å². The van der Waals surface area contributed by atoms with Crippen molar-refractivity contribution in [3.05, 3.63) is 50.6 Å². The molecule has 1 amide bonds. The molecule has 106 valence electrons. The number of hydrogen-bond donors (Lipinski definition) is 2. The van der Waals surface area contributed by atoms with Crippen LogP contribution in [-0.2, 0) is 0 Å². The van der Waals surface area contributed by atoms with E-state index < -0.39 is 5.91 Å². The first-order valence-electron chi connectivity index (χ1n) is 6.05. The van der Waals surface area contributed by atoms with Crippen LogP contribution in [0, 0.1) is 0 Å². The van der Waals surface area contributed by atoms with Crippen LogP contribution in [-0.4, -0.2) is 11.9 Å². The van der Waals surface area contributed by atoms with Gasteiger partial charge in [-0.3, -0.25) is 4.79 Å². The van der Waals surface area contributed by atoms with E-state index in [9.17, 15) is 4.79 Å². The number of carbonyl (C=O) groups excluding carboxylic acids is 1. The van der Waals surface area contributed by atoms with Gasteiger partial charge in [-0.05, 0) is 47.1 Å². The molecule has 2 unspecified atom stereocenters. The van der Waals surface area contributed by atoms with Crippen molar-refractivity contribution in [3.63, 3.8) is 0 Å². The van der Waals surface area contributed by atoms with Gasteiger partial charge in [0.15, 0.2) is 0 Å². The Morgan fingerprint density at radius 1 is 1.30 bits per heavy atom. The maximum atomic E-state index is 11.4. The molecule has 20 heavy (non-hydrogen) atoms. The fourth-order valence-corrected chi connectivity index (χ4v) is 3.38. The van der Waals surface area contributed by atoms with Crippen molar-refractivity contribution in [2.45, 2.75) is 19.1 Å². The Labute approximate surface area is 129 Å².